The molecule has 1 saturated carbocycles. The molecule has 0 spiro atoms. The van der Waals surface area contributed by atoms with Gasteiger partial charge in [0.25, 0.3) is 0 Å². The van der Waals surface area contributed by atoms with Crippen LogP contribution in [0.1, 0.15) is 39.0 Å². The van der Waals surface area contributed by atoms with Crippen molar-refractivity contribution in [1.29, 1.82) is 0 Å². The summed E-state index contributed by atoms with van der Waals surface area (Å²) >= 11 is 0. The molecule has 0 aromatic heterocycles. The second-order valence-corrected chi connectivity index (χ2v) is 5.77. The first-order valence-corrected chi connectivity index (χ1v) is 7.61. The molecule has 5 heteroatoms. The maximum Gasteiger partial charge on any atom is 0.315 e. The van der Waals surface area contributed by atoms with Crippen LogP contribution in [-0.4, -0.2) is 55.9 Å². The number of carbonyl (C=O) groups is 1. The summed E-state index contributed by atoms with van der Waals surface area (Å²) in [5.74, 6) is 0. The van der Waals surface area contributed by atoms with E-state index in [1.807, 2.05) is 0 Å². The summed E-state index contributed by atoms with van der Waals surface area (Å²) < 4.78 is 5.32. The molecule has 2 rings (SSSR count). The summed E-state index contributed by atoms with van der Waals surface area (Å²) in [7, 11) is 0. The summed E-state index contributed by atoms with van der Waals surface area (Å²) in [4.78, 5) is 14.2. The van der Waals surface area contributed by atoms with Crippen molar-refractivity contribution in [3.05, 3.63) is 0 Å². The molecule has 5 nitrogen and oxygen atoms in total. The Hall–Kier alpha value is -0.810. The molecular weight excluding hydrogens is 242 g/mol. The average Bonchev–Trinajstić information content (AvgIpc) is 2.40. The molecule has 2 N–H and O–H groups in total. The smallest absolute Gasteiger partial charge is 0.315 e. The summed E-state index contributed by atoms with van der Waals surface area (Å²) in [6, 6.07) is 0.554. The number of morpholine rings is 1. The van der Waals surface area contributed by atoms with Gasteiger partial charge in [0.2, 0.25) is 0 Å². The third kappa shape index (κ3) is 5.37. The summed E-state index contributed by atoms with van der Waals surface area (Å²) in [5, 5.41) is 6.14. The van der Waals surface area contributed by atoms with E-state index in [1.54, 1.807) is 0 Å². The Bertz CT molecular complexity index is 274. The predicted molar refractivity (Wildman–Crippen MR) is 75.3 cm³/mol. The largest absolute Gasteiger partial charge is 0.379 e. The molecule has 0 radical (unpaired) electrons. The molecule has 0 aromatic carbocycles. The highest BCUT2D eigenvalue weighted by atomic mass is 16.5. The molecule has 0 bridgehead atoms. The number of nitrogens with zero attached hydrogens (tertiary/aromatic N) is 1. The Morgan fingerprint density at radius 2 is 1.95 bits per heavy atom. The van der Waals surface area contributed by atoms with E-state index < -0.39 is 0 Å². The fraction of sp³-hybridized carbons (Fsp3) is 0.929. The fourth-order valence-corrected chi connectivity index (χ4v) is 2.91. The molecule has 0 aromatic rings. The van der Waals surface area contributed by atoms with Crippen molar-refractivity contribution in [2.45, 2.75) is 51.1 Å². The van der Waals surface area contributed by atoms with Crippen LogP contribution in [0.3, 0.4) is 0 Å². The van der Waals surface area contributed by atoms with E-state index in [2.05, 4.69) is 22.5 Å². The van der Waals surface area contributed by atoms with Crippen LogP contribution in [0.15, 0.2) is 0 Å². The minimum Gasteiger partial charge on any atom is -0.379 e. The van der Waals surface area contributed by atoms with Gasteiger partial charge in [0.1, 0.15) is 0 Å². The highest BCUT2D eigenvalue weighted by molar-refractivity contribution is 5.74. The van der Waals surface area contributed by atoms with Crippen molar-refractivity contribution < 1.29 is 9.53 Å². The van der Waals surface area contributed by atoms with E-state index in [9.17, 15) is 4.79 Å². The molecule has 2 amide bonds. The highest BCUT2D eigenvalue weighted by Gasteiger charge is 2.18. The molecule has 2 aliphatic rings. The van der Waals surface area contributed by atoms with E-state index in [-0.39, 0.29) is 12.1 Å². The van der Waals surface area contributed by atoms with Crippen LogP contribution in [0.2, 0.25) is 0 Å². The molecule has 1 unspecified atom stereocenters. The first kappa shape index (κ1) is 14.6. The van der Waals surface area contributed by atoms with Gasteiger partial charge in [-0.05, 0) is 19.8 Å². The molecule has 2 fully saturated rings. The third-order valence-corrected chi connectivity index (χ3v) is 3.95. The fourth-order valence-electron chi connectivity index (χ4n) is 2.91. The molecule has 19 heavy (non-hydrogen) atoms. The van der Waals surface area contributed by atoms with Gasteiger partial charge < -0.3 is 15.4 Å². The maximum atomic E-state index is 11.9. The second-order valence-electron chi connectivity index (χ2n) is 5.77. The minimum atomic E-state index is -0.00680. The monoisotopic (exact) mass is 269 g/mol. The van der Waals surface area contributed by atoms with Crippen molar-refractivity contribution in [3.8, 4) is 0 Å². The highest BCUT2D eigenvalue weighted by Crippen LogP contribution is 2.17. The van der Waals surface area contributed by atoms with E-state index in [0.29, 0.717) is 6.04 Å². The number of hydrogen-bond donors (Lipinski definition) is 2. The zero-order chi connectivity index (χ0) is 13.5. The summed E-state index contributed by atoms with van der Waals surface area (Å²) in [6.45, 7) is 6.52. The number of rotatable bonds is 4. The zero-order valence-electron chi connectivity index (χ0n) is 12.0. The number of carbonyl (C=O) groups excluding carboxylic acids is 1. The van der Waals surface area contributed by atoms with Crippen molar-refractivity contribution >= 4 is 6.03 Å². The van der Waals surface area contributed by atoms with Crippen LogP contribution in [0, 0.1) is 0 Å². The maximum absolute atomic E-state index is 11.9. The number of amides is 2. The summed E-state index contributed by atoms with van der Waals surface area (Å²) in [5.41, 5.74) is 0. The Kier molecular flexibility index (Phi) is 5.92. The number of ether oxygens (including phenoxy) is 1. The van der Waals surface area contributed by atoms with Crippen LogP contribution >= 0.6 is 0 Å². The Balaban J connectivity index is 1.63. The lowest BCUT2D eigenvalue weighted by Gasteiger charge is -2.30. The average molecular weight is 269 g/mol. The topological polar surface area (TPSA) is 53.6 Å². The second kappa shape index (κ2) is 7.70. The SMILES string of the molecule is CC(CN1CCOCC1)NC(=O)NC1CCCCC1. The predicted octanol–water partition coefficient (Wildman–Crippen LogP) is 1.34. The number of urea groups is 1. The van der Waals surface area contributed by atoms with Gasteiger partial charge in [-0.3, -0.25) is 4.90 Å². The van der Waals surface area contributed by atoms with Crippen LogP contribution in [0.25, 0.3) is 0 Å². The van der Waals surface area contributed by atoms with Gasteiger partial charge in [-0.2, -0.15) is 0 Å². The van der Waals surface area contributed by atoms with Crippen LogP contribution in [0.5, 0.6) is 0 Å². The van der Waals surface area contributed by atoms with E-state index in [4.69, 9.17) is 4.74 Å². The molecular formula is C14H27N3O2. The van der Waals surface area contributed by atoms with Gasteiger partial charge in [0.05, 0.1) is 13.2 Å². The molecule has 110 valence electrons. The summed E-state index contributed by atoms with van der Waals surface area (Å²) in [6.07, 6.45) is 6.06. The van der Waals surface area contributed by atoms with Crippen molar-refractivity contribution in [3.63, 3.8) is 0 Å². The van der Waals surface area contributed by atoms with Crippen molar-refractivity contribution in [2.24, 2.45) is 0 Å². The first-order valence-electron chi connectivity index (χ1n) is 7.61. The lowest BCUT2D eigenvalue weighted by Crippen LogP contribution is -2.50. The molecule has 1 aliphatic heterocycles. The molecule has 1 heterocycles. The number of nitrogens with one attached hydrogen (secondary N) is 2. The van der Waals surface area contributed by atoms with Gasteiger partial charge in [-0.15, -0.1) is 0 Å². The molecule has 1 aliphatic carbocycles. The quantitative estimate of drug-likeness (QED) is 0.810. The zero-order valence-corrected chi connectivity index (χ0v) is 12.0. The van der Waals surface area contributed by atoms with Gasteiger partial charge in [0.15, 0.2) is 0 Å². The number of hydrogen-bond acceptors (Lipinski definition) is 3. The van der Waals surface area contributed by atoms with Crippen LogP contribution in [0.4, 0.5) is 4.79 Å². The van der Waals surface area contributed by atoms with Gasteiger partial charge in [-0.25, -0.2) is 4.79 Å². The standard InChI is InChI=1S/C14H27N3O2/c1-12(11-17-7-9-19-10-8-17)15-14(18)16-13-5-3-2-4-6-13/h12-13H,2-11H2,1H3,(H2,15,16,18). The van der Waals surface area contributed by atoms with E-state index in [1.165, 1.54) is 19.3 Å². The van der Waals surface area contributed by atoms with Gasteiger partial charge >= 0.3 is 6.03 Å². The van der Waals surface area contributed by atoms with Crippen molar-refractivity contribution in [2.75, 3.05) is 32.8 Å². The Labute approximate surface area is 116 Å². The molecule has 1 atom stereocenters. The minimum absolute atomic E-state index is 0.00680. The molecule has 1 saturated heterocycles. The van der Waals surface area contributed by atoms with Gasteiger partial charge in [-0.1, -0.05) is 19.3 Å². The van der Waals surface area contributed by atoms with E-state index in [0.717, 1.165) is 45.7 Å². The lowest BCUT2D eigenvalue weighted by molar-refractivity contribution is 0.0349. The van der Waals surface area contributed by atoms with E-state index >= 15 is 0 Å². The first-order chi connectivity index (χ1) is 9.24. The van der Waals surface area contributed by atoms with Crippen LogP contribution in [-0.2, 0) is 4.74 Å². The van der Waals surface area contributed by atoms with Crippen LogP contribution < -0.4 is 10.6 Å². The lowest BCUT2D eigenvalue weighted by atomic mass is 9.96. The van der Waals surface area contributed by atoms with Crippen molar-refractivity contribution in [1.82, 2.24) is 15.5 Å². The Morgan fingerprint density at radius 1 is 1.26 bits per heavy atom. The Morgan fingerprint density at radius 3 is 2.63 bits per heavy atom. The normalized spacial score (nSPS) is 23.8. The third-order valence-electron chi connectivity index (χ3n) is 3.95. The van der Waals surface area contributed by atoms with Gasteiger partial charge in [0, 0.05) is 31.7 Å².